The van der Waals surface area contributed by atoms with Crippen molar-refractivity contribution >= 4 is 5.91 Å². The zero-order valence-electron chi connectivity index (χ0n) is 16.8. The highest BCUT2D eigenvalue weighted by molar-refractivity contribution is 5.97. The summed E-state index contributed by atoms with van der Waals surface area (Å²) < 4.78 is 10.4. The highest BCUT2D eigenvalue weighted by atomic mass is 16.5. The largest absolute Gasteiger partial charge is 0.497 e. The minimum absolute atomic E-state index is 0.0612. The number of hydrogen-bond donors (Lipinski definition) is 2. The molecule has 0 spiro atoms. The number of rotatable bonds is 7. The molecular formula is C24H25NO4. The van der Waals surface area contributed by atoms with Crippen LogP contribution in [0.5, 0.6) is 11.5 Å². The molecule has 29 heavy (non-hydrogen) atoms. The van der Waals surface area contributed by atoms with Gasteiger partial charge in [0.2, 0.25) is 0 Å². The van der Waals surface area contributed by atoms with Gasteiger partial charge in [-0.2, -0.15) is 0 Å². The van der Waals surface area contributed by atoms with E-state index in [1.165, 1.54) is 7.11 Å². The monoisotopic (exact) mass is 391 g/mol. The summed E-state index contributed by atoms with van der Waals surface area (Å²) in [5, 5.41) is 13.7. The van der Waals surface area contributed by atoms with Crippen LogP contribution in [-0.4, -0.2) is 31.8 Å². The Bertz CT molecular complexity index is 966. The fourth-order valence-electron chi connectivity index (χ4n) is 3.09. The average Bonchev–Trinajstić information content (AvgIpc) is 2.77. The number of carbonyl (C=O) groups excluding carboxylic acids is 1. The SMILES string of the molecule is COc1ccc(C(=O)NCC(C)(O)c2ccc(-c3ccccc3)cc2)c(OC)c1. The van der Waals surface area contributed by atoms with Gasteiger partial charge in [0.25, 0.3) is 5.91 Å². The summed E-state index contributed by atoms with van der Waals surface area (Å²) in [6, 6.07) is 22.7. The molecule has 0 radical (unpaired) electrons. The first-order chi connectivity index (χ1) is 13.9. The molecule has 5 heteroatoms. The maximum Gasteiger partial charge on any atom is 0.255 e. The van der Waals surface area contributed by atoms with Gasteiger partial charge in [0.05, 0.1) is 26.3 Å². The normalized spacial score (nSPS) is 12.7. The van der Waals surface area contributed by atoms with Crippen molar-refractivity contribution in [2.75, 3.05) is 20.8 Å². The number of benzene rings is 3. The summed E-state index contributed by atoms with van der Waals surface area (Å²) in [6.07, 6.45) is 0. The molecule has 1 unspecified atom stereocenters. The lowest BCUT2D eigenvalue weighted by Crippen LogP contribution is -2.38. The highest BCUT2D eigenvalue weighted by Crippen LogP contribution is 2.26. The molecule has 3 aromatic carbocycles. The van der Waals surface area contributed by atoms with Crippen molar-refractivity contribution < 1.29 is 19.4 Å². The number of ether oxygens (including phenoxy) is 2. The van der Waals surface area contributed by atoms with Crippen LogP contribution >= 0.6 is 0 Å². The molecule has 1 amide bonds. The van der Waals surface area contributed by atoms with E-state index < -0.39 is 5.60 Å². The van der Waals surface area contributed by atoms with Crippen LogP contribution < -0.4 is 14.8 Å². The smallest absolute Gasteiger partial charge is 0.255 e. The van der Waals surface area contributed by atoms with Crippen LogP contribution in [0.15, 0.2) is 72.8 Å². The second-order valence-electron chi connectivity index (χ2n) is 6.97. The first-order valence-electron chi connectivity index (χ1n) is 9.33. The van der Waals surface area contributed by atoms with E-state index in [1.54, 1.807) is 32.2 Å². The third-order valence-electron chi connectivity index (χ3n) is 4.86. The molecule has 150 valence electrons. The Labute approximate surface area is 170 Å². The van der Waals surface area contributed by atoms with Crippen molar-refractivity contribution in [3.8, 4) is 22.6 Å². The summed E-state index contributed by atoms with van der Waals surface area (Å²) in [5.41, 5.74) is 2.06. The molecule has 1 atom stereocenters. The van der Waals surface area contributed by atoms with Gasteiger partial charge in [0.15, 0.2) is 0 Å². The zero-order chi connectivity index (χ0) is 20.9. The number of methoxy groups -OCH3 is 2. The van der Waals surface area contributed by atoms with Gasteiger partial charge in [0, 0.05) is 6.07 Å². The molecule has 0 aliphatic heterocycles. The van der Waals surface area contributed by atoms with E-state index in [1.807, 2.05) is 54.6 Å². The van der Waals surface area contributed by atoms with Gasteiger partial charge in [-0.3, -0.25) is 4.79 Å². The molecule has 0 bridgehead atoms. The minimum atomic E-state index is -1.22. The average molecular weight is 391 g/mol. The summed E-state index contributed by atoms with van der Waals surface area (Å²) in [7, 11) is 3.05. The van der Waals surface area contributed by atoms with Crippen LogP contribution in [0.4, 0.5) is 0 Å². The van der Waals surface area contributed by atoms with Crippen molar-refractivity contribution in [2.24, 2.45) is 0 Å². The summed E-state index contributed by atoms with van der Waals surface area (Å²) in [4.78, 5) is 12.6. The van der Waals surface area contributed by atoms with Crippen LogP contribution in [0.3, 0.4) is 0 Å². The lowest BCUT2D eigenvalue weighted by Gasteiger charge is -2.25. The van der Waals surface area contributed by atoms with Crippen molar-refractivity contribution in [2.45, 2.75) is 12.5 Å². The van der Waals surface area contributed by atoms with E-state index in [4.69, 9.17) is 9.47 Å². The Kier molecular flexibility index (Phi) is 6.20. The number of hydrogen-bond acceptors (Lipinski definition) is 4. The van der Waals surface area contributed by atoms with Gasteiger partial charge >= 0.3 is 0 Å². The molecule has 0 heterocycles. The van der Waals surface area contributed by atoms with Crippen molar-refractivity contribution in [1.29, 1.82) is 0 Å². The Morgan fingerprint density at radius 2 is 1.59 bits per heavy atom. The van der Waals surface area contributed by atoms with Crippen LogP contribution in [-0.2, 0) is 5.60 Å². The van der Waals surface area contributed by atoms with Crippen molar-refractivity contribution in [1.82, 2.24) is 5.32 Å². The van der Waals surface area contributed by atoms with Gasteiger partial charge in [-0.05, 0) is 35.7 Å². The summed E-state index contributed by atoms with van der Waals surface area (Å²) in [6.45, 7) is 1.74. The van der Waals surface area contributed by atoms with E-state index >= 15 is 0 Å². The Morgan fingerprint density at radius 3 is 2.21 bits per heavy atom. The highest BCUT2D eigenvalue weighted by Gasteiger charge is 2.25. The van der Waals surface area contributed by atoms with E-state index in [-0.39, 0.29) is 12.5 Å². The van der Waals surface area contributed by atoms with Gasteiger partial charge in [0.1, 0.15) is 17.1 Å². The molecule has 3 rings (SSSR count). The molecule has 3 aromatic rings. The zero-order valence-corrected chi connectivity index (χ0v) is 16.8. The standard InChI is InChI=1S/C24H25NO4/c1-24(27,19-11-9-18(10-12-19)17-7-5-4-6-8-17)16-25-23(26)21-14-13-20(28-2)15-22(21)29-3/h4-15,27H,16H2,1-3H3,(H,25,26). The van der Waals surface area contributed by atoms with Gasteiger partial charge in [-0.15, -0.1) is 0 Å². The van der Waals surface area contributed by atoms with E-state index in [2.05, 4.69) is 5.32 Å². The fourth-order valence-corrected chi connectivity index (χ4v) is 3.09. The van der Waals surface area contributed by atoms with Gasteiger partial charge < -0.3 is 19.9 Å². The van der Waals surface area contributed by atoms with Gasteiger partial charge in [-0.1, -0.05) is 54.6 Å². The maximum atomic E-state index is 12.6. The summed E-state index contributed by atoms with van der Waals surface area (Å²) in [5.74, 6) is 0.684. The predicted octanol–water partition coefficient (Wildman–Crippen LogP) is 4.01. The first-order valence-corrected chi connectivity index (χ1v) is 9.33. The third-order valence-corrected chi connectivity index (χ3v) is 4.86. The van der Waals surface area contributed by atoms with Crippen LogP contribution in [0.1, 0.15) is 22.8 Å². The number of amides is 1. The van der Waals surface area contributed by atoms with Crippen molar-refractivity contribution in [3.63, 3.8) is 0 Å². The molecule has 0 aromatic heterocycles. The van der Waals surface area contributed by atoms with Crippen LogP contribution in [0.2, 0.25) is 0 Å². The molecule has 0 fully saturated rings. The second-order valence-corrected chi connectivity index (χ2v) is 6.97. The number of carbonyl (C=O) groups is 1. The lowest BCUT2D eigenvalue weighted by molar-refractivity contribution is 0.0525. The molecule has 0 saturated heterocycles. The molecule has 0 saturated carbocycles. The number of aliphatic hydroxyl groups is 1. The predicted molar refractivity (Wildman–Crippen MR) is 113 cm³/mol. The van der Waals surface area contributed by atoms with Crippen molar-refractivity contribution in [3.05, 3.63) is 83.9 Å². The molecular weight excluding hydrogens is 366 g/mol. The second kappa shape index (κ2) is 8.80. The topological polar surface area (TPSA) is 67.8 Å². The quantitative estimate of drug-likeness (QED) is 0.639. The van der Waals surface area contributed by atoms with E-state index in [9.17, 15) is 9.90 Å². The Hall–Kier alpha value is -3.31. The maximum absolute atomic E-state index is 12.6. The van der Waals surface area contributed by atoms with Crippen LogP contribution in [0.25, 0.3) is 11.1 Å². The first kappa shape index (κ1) is 20.4. The molecule has 0 aliphatic rings. The lowest BCUT2D eigenvalue weighted by atomic mass is 9.93. The Balaban J connectivity index is 1.70. The number of nitrogens with one attached hydrogen (secondary N) is 1. The van der Waals surface area contributed by atoms with Gasteiger partial charge in [-0.25, -0.2) is 0 Å². The van der Waals surface area contributed by atoms with E-state index in [0.717, 1.165) is 16.7 Å². The minimum Gasteiger partial charge on any atom is -0.497 e. The fraction of sp³-hybridized carbons (Fsp3) is 0.208. The molecule has 0 aliphatic carbocycles. The molecule has 5 nitrogen and oxygen atoms in total. The summed E-state index contributed by atoms with van der Waals surface area (Å²) >= 11 is 0. The van der Waals surface area contributed by atoms with Crippen LogP contribution in [0, 0.1) is 0 Å². The Morgan fingerprint density at radius 1 is 0.931 bits per heavy atom. The van der Waals surface area contributed by atoms with E-state index in [0.29, 0.717) is 17.1 Å². The molecule has 2 N–H and O–H groups in total. The third kappa shape index (κ3) is 4.76.